The second kappa shape index (κ2) is 11.0. The van der Waals surface area contributed by atoms with E-state index in [2.05, 4.69) is 0 Å². The lowest BCUT2D eigenvalue weighted by molar-refractivity contribution is -0.119. The third-order valence-electron chi connectivity index (χ3n) is 3.39. The summed E-state index contributed by atoms with van der Waals surface area (Å²) in [7, 11) is -3.88. The van der Waals surface area contributed by atoms with E-state index >= 15 is 0 Å². The first-order valence-corrected chi connectivity index (χ1v) is 9.79. The molecule has 26 heavy (non-hydrogen) atoms. The molecule has 0 aromatic heterocycles. The highest BCUT2D eigenvalue weighted by Gasteiger charge is 2.28. The Labute approximate surface area is 153 Å². The lowest BCUT2D eigenvalue weighted by Crippen LogP contribution is -2.21. The molecule has 7 heteroatoms. The van der Waals surface area contributed by atoms with Crippen LogP contribution in [0, 0.1) is 0 Å². The average Bonchev–Trinajstić information content (AvgIpc) is 2.70. The van der Waals surface area contributed by atoms with E-state index in [1.54, 1.807) is 6.92 Å². The predicted molar refractivity (Wildman–Crippen MR) is 97.5 cm³/mol. The van der Waals surface area contributed by atoms with E-state index < -0.39 is 13.9 Å². The summed E-state index contributed by atoms with van der Waals surface area (Å²) in [6.45, 7) is 2.01. The van der Waals surface area contributed by atoms with Crippen LogP contribution in [0.5, 0.6) is 0 Å². The standard InChI is InChI=1S/C19H23O6P/c1-2-22-19(13-20)16-25-26(21,23-14-17-9-5-3-6-10-17)24-15-18-11-7-4-8-12-18/h3-13,19H,2,14-16H2,1H3. The Bertz CT molecular complexity index is 644. The maximum atomic E-state index is 12.9. The van der Waals surface area contributed by atoms with Crippen LogP contribution in [0.3, 0.4) is 0 Å². The molecule has 0 radical (unpaired) electrons. The zero-order valence-corrected chi connectivity index (χ0v) is 15.5. The molecule has 0 saturated heterocycles. The molecule has 0 fully saturated rings. The van der Waals surface area contributed by atoms with Gasteiger partial charge in [-0.2, -0.15) is 0 Å². The van der Waals surface area contributed by atoms with Crippen LogP contribution < -0.4 is 0 Å². The van der Waals surface area contributed by atoms with Crippen LogP contribution in [-0.2, 0) is 40.9 Å². The van der Waals surface area contributed by atoms with Crippen molar-refractivity contribution < 1.29 is 27.7 Å². The van der Waals surface area contributed by atoms with Crippen molar-refractivity contribution >= 4 is 14.1 Å². The van der Waals surface area contributed by atoms with E-state index in [1.807, 2.05) is 60.7 Å². The molecule has 0 N–H and O–H groups in total. The van der Waals surface area contributed by atoms with Crippen LogP contribution in [0.15, 0.2) is 60.7 Å². The van der Waals surface area contributed by atoms with Crippen molar-refractivity contribution in [2.45, 2.75) is 26.2 Å². The van der Waals surface area contributed by atoms with Gasteiger partial charge in [-0.15, -0.1) is 0 Å². The molecular weight excluding hydrogens is 355 g/mol. The second-order valence-electron chi connectivity index (χ2n) is 5.39. The number of ether oxygens (including phenoxy) is 1. The molecule has 0 amide bonds. The zero-order chi connectivity index (χ0) is 18.7. The Balaban J connectivity index is 2.00. The SMILES string of the molecule is CCOC(C=O)COP(=O)(OCc1ccccc1)OCc1ccccc1. The molecule has 1 atom stereocenters. The third-order valence-corrected chi connectivity index (χ3v) is 4.75. The van der Waals surface area contributed by atoms with E-state index in [0.29, 0.717) is 12.9 Å². The molecule has 2 rings (SSSR count). The lowest BCUT2D eigenvalue weighted by atomic mass is 10.2. The van der Waals surface area contributed by atoms with Crippen molar-refractivity contribution in [3.8, 4) is 0 Å². The molecule has 6 nitrogen and oxygen atoms in total. The Kier molecular flexibility index (Phi) is 8.68. The van der Waals surface area contributed by atoms with Crippen LogP contribution >= 0.6 is 7.82 Å². The van der Waals surface area contributed by atoms with Crippen molar-refractivity contribution in [3.05, 3.63) is 71.8 Å². The van der Waals surface area contributed by atoms with Gasteiger partial charge in [0.25, 0.3) is 0 Å². The Morgan fingerprint density at radius 1 is 0.885 bits per heavy atom. The molecule has 140 valence electrons. The van der Waals surface area contributed by atoms with Gasteiger partial charge in [0.1, 0.15) is 6.10 Å². The number of carbonyl (C=O) groups excluding carboxylic acids is 1. The molecule has 0 bridgehead atoms. The number of aldehydes is 1. The van der Waals surface area contributed by atoms with Gasteiger partial charge in [-0.05, 0) is 18.1 Å². The summed E-state index contributed by atoms with van der Waals surface area (Å²) >= 11 is 0. The largest absolute Gasteiger partial charge is 0.475 e. The monoisotopic (exact) mass is 378 g/mol. The number of hydrogen-bond acceptors (Lipinski definition) is 6. The number of carbonyl (C=O) groups is 1. The van der Waals surface area contributed by atoms with E-state index in [1.165, 1.54) is 0 Å². The fraction of sp³-hybridized carbons (Fsp3) is 0.316. The summed E-state index contributed by atoms with van der Waals surface area (Å²) in [5.41, 5.74) is 1.66. The van der Waals surface area contributed by atoms with Gasteiger partial charge in [0.2, 0.25) is 0 Å². The highest BCUT2D eigenvalue weighted by molar-refractivity contribution is 7.48. The van der Waals surface area contributed by atoms with Gasteiger partial charge in [-0.25, -0.2) is 4.57 Å². The van der Waals surface area contributed by atoms with Crippen molar-refractivity contribution in [2.24, 2.45) is 0 Å². The van der Waals surface area contributed by atoms with Gasteiger partial charge in [-0.1, -0.05) is 60.7 Å². The fourth-order valence-electron chi connectivity index (χ4n) is 2.07. The number of benzene rings is 2. The molecule has 2 aromatic carbocycles. The molecule has 0 spiro atoms. The molecular formula is C19H23O6P. The smallest absolute Gasteiger partial charge is 0.369 e. The van der Waals surface area contributed by atoms with Crippen LogP contribution in [0.4, 0.5) is 0 Å². The van der Waals surface area contributed by atoms with Gasteiger partial charge in [0, 0.05) is 6.61 Å². The topological polar surface area (TPSA) is 71.1 Å². The molecule has 0 aliphatic rings. The average molecular weight is 378 g/mol. The van der Waals surface area contributed by atoms with Crippen molar-refractivity contribution in [1.29, 1.82) is 0 Å². The maximum absolute atomic E-state index is 12.9. The highest BCUT2D eigenvalue weighted by atomic mass is 31.2. The normalized spacial score (nSPS) is 12.7. The van der Waals surface area contributed by atoms with Crippen molar-refractivity contribution in [1.82, 2.24) is 0 Å². The number of rotatable bonds is 12. The summed E-state index contributed by atoms with van der Waals surface area (Å²) in [6.07, 6.45) is -0.226. The summed E-state index contributed by atoms with van der Waals surface area (Å²) in [4.78, 5) is 11.0. The van der Waals surface area contributed by atoms with Gasteiger partial charge >= 0.3 is 7.82 Å². The Hall–Kier alpha value is -1.82. The van der Waals surface area contributed by atoms with E-state index in [9.17, 15) is 9.36 Å². The van der Waals surface area contributed by atoms with E-state index in [-0.39, 0.29) is 19.8 Å². The third kappa shape index (κ3) is 7.20. The van der Waals surface area contributed by atoms with Gasteiger partial charge in [0.15, 0.2) is 6.29 Å². The molecule has 0 aliphatic carbocycles. The first kappa shape index (κ1) is 20.5. The van der Waals surface area contributed by atoms with Gasteiger partial charge in [0.05, 0.1) is 19.8 Å². The molecule has 2 aromatic rings. The second-order valence-corrected chi connectivity index (χ2v) is 7.06. The highest BCUT2D eigenvalue weighted by Crippen LogP contribution is 2.51. The van der Waals surface area contributed by atoms with E-state index in [4.69, 9.17) is 18.3 Å². The van der Waals surface area contributed by atoms with Crippen molar-refractivity contribution in [2.75, 3.05) is 13.2 Å². The molecule has 0 saturated carbocycles. The van der Waals surface area contributed by atoms with Gasteiger partial charge < -0.3 is 9.53 Å². The maximum Gasteiger partial charge on any atom is 0.475 e. The molecule has 0 heterocycles. The summed E-state index contributed by atoms with van der Waals surface area (Å²) in [6, 6.07) is 18.5. The van der Waals surface area contributed by atoms with Gasteiger partial charge in [-0.3, -0.25) is 13.6 Å². The lowest BCUT2D eigenvalue weighted by Gasteiger charge is -2.20. The predicted octanol–water partition coefficient (Wildman–Crippen LogP) is 4.15. The summed E-state index contributed by atoms with van der Waals surface area (Å²) in [5, 5.41) is 0. The first-order valence-electron chi connectivity index (χ1n) is 8.33. The Morgan fingerprint density at radius 3 is 1.81 bits per heavy atom. The minimum Gasteiger partial charge on any atom is -0.369 e. The zero-order valence-electron chi connectivity index (χ0n) is 14.7. The quantitative estimate of drug-likeness (QED) is 0.408. The molecule has 0 aliphatic heterocycles. The minimum atomic E-state index is -3.88. The summed E-state index contributed by atoms with van der Waals surface area (Å²) in [5.74, 6) is 0. The van der Waals surface area contributed by atoms with Crippen LogP contribution in [-0.4, -0.2) is 25.6 Å². The van der Waals surface area contributed by atoms with Crippen molar-refractivity contribution in [3.63, 3.8) is 0 Å². The van der Waals surface area contributed by atoms with Crippen LogP contribution in [0.1, 0.15) is 18.1 Å². The van der Waals surface area contributed by atoms with Crippen LogP contribution in [0.25, 0.3) is 0 Å². The van der Waals surface area contributed by atoms with Crippen LogP contribution in [0.2, 0.25) is 0 Å². The minimum absolute atomic E-state index is 0.0628. The first-order chi connectivity index (χ1) is 12.6. The fourth-order valence-corrected chi connectivity index (χ4v) is 3.24. The molecule has 1 unspecified atom stereocenters. The number of phosphoric acid groups is 1. The Morgan fingerprint density at radius 2 is 1.38 bits per heavy atom. The number of hydrogen-bond donors (Lipinski definition) is 0. The van der Waals surface area contributed by atoms with E-state index in [0.717, 1.165) is 11.1 Å². The summed E-state index contributed by atoms with van der Waals surface area (Å²) < 4.78 is 34.4. The number of phosphoric ester groups is 1.